The Kier molecular flexibility index (Phi) is 5.17. The predicted molar refractivity (Wildman–Crippen MR) is 71.4 cm³/mol. The number of amides is 2. The normalized spacial score (nSPS) is 11.7. The lowest BCUT2D eigenvalue weighted by Gasteiger charge is -2.21. The summed E-state index contributed by atoms with van der Waals surface area (Å²) in [5.74, 6) is -0.943. The summed E-state index contributed by atoms with van der Waals surface area (Å²) in [5, 5.41) is 20.6. The van der Waals surface area contributed by atoms with Gasteiger partial charge in [0.1, 0.15) is 11.8 Å². The monoisotopic (exact) mass is 266 g/mol. The van der Waals surface area contributed by atoms with Gasteiger partial charge in [-0.2, -0.15) is 0 Å². The average Bonchev–Trinajstić information content (AvgIpc) is 2.38. The lowest BCUT2D eigenvalue weighted by atomic mass is 10.2. The molecule has 6 nitrogen and oxygen atoms in total. The maximum atomic E-state index is 11.9. The zero-order valence-electron chi connectivity index (χ0n) is 11.0. The summed E-state index contributed by atoms with van der Waals surface area (Å²) < 4.78 is 0. The molecule has 1 atom stereocenters. The number of rotatable bonds is 5. The quantitative estimate of drug-likeness (QED) is 0.758. The van der Waals surface area contributed by atoms with Gasteiger partial charge in [0.25, 0.3) is 0 Å². The van der Waals surface area contributed by atoms with Gasteiger partial charge in [-0.25, -0.2) is 9.59 Å². The highest BCUT2D eigenvalue weighted by Gasteiger charge is 2.21. The summed E-state index contributed by atoms with van der Waals surface area (Å²) in [6.07, 6.45) is 1.05. The second kappa shape index (κ2) is 6.63. The summed E-state index contributed by atoms with van der Waals surface area (Å²) in [6, 6.07) is 4.68. The smallest absolute Gasteiger partial charge is 0.326 e. The van der Waals surface area contributed by atoms with Gasteiger partial charge in [0.05, 0.1) is 0 Å². The number of phenols is 1. The van der Waals surface area contributed by atoms with E-state index in [1.807, 2.05) is 6.92 Å². The number of carbonyl (C=O) groups excluding carboxylic acids is 1. The second-order valence-corrected chi connectivity index (χ2v) is 4.20. The third kappa shape index (κ3) is 4.17. The number of phenolic OH excluding ortho intramolecular Hbond substituents is 1. The van der Waals surface area contributed by atoms with Crippen LogP contribution in [0.5, 0.6) is 5.75 Å². The molecule has 0 aliphatic rings. The lowest BCUT2D eigenvalue weighted by molar-refractivity contribution is -0.139. The van der Waals surface area contributed by atoms with Crippen molar-refractivity contribution in [2.45, 2.75) is 25.8 Å². The minimum atomic E-state index is -1.05. The number of aliphatic carboxylic acids is 1. The van der Waals surface area contributed by atoms with Gasteiger partial charge < -0.3 is 15.5 Å². The Morgan fingerprint density at radius 3 is 2.37 bits per heavy atom. The molecule has 0 saturated heterocycles. The minimum Gasteiger partial charge on any atom is -0.508 e. The molecule has 0 aliphatic heterocycles. The Labute approximate surface area is 111 Å². The standard InChI is InChI=1S/C13H18N2O4/c1-3-4-11(12(17)18)14-13(19)15(2)9-5-7-10(16)8-6-9/h5-8,11,16H,3-4H2,1-2H3,(H,14,19)(H,17,18)/t11-/m0/s1. The molecule has 19 heavy (non-hydrogen) atoms. The lowest BCUT2D eigenvalue weighted by Crippen LogP contribution is -2.46. The SMILES string of the molecule is CCC[C@H](NC(=O)N(C)c1ccc(O)cc1)C(=O)O. The van der Waals surface area contributed by atoms with E-state index in [4.69, 9.17) is 10.2 Å². The second-order valence-electron chi connectivity index (χ2n) is 4.20. The summed E-state index contributed by atoms with van der Waals surface area (Å²) in [7, 11) is 1.53. The maximum Gasteiger partial charge on any atom is 0.326 e. The topological polar surface area (TPSA) is 89.9 Å². The van der Waals surface area contributed by atoms with E-state index in [9.17, 15) is 9.59 Å². The van der Waals surface area contributed by atoms with Crippen LogP contribution in [-0.4, -0.2) is 35.3 Å². The first-order chi connectivity index (χ1) is 8.95. The van der Waals surface area contributed by atoms with Crippen molar-refractivity contribution >= 4 is 17.7 Å². The highest BCUT2D eigenvalue weighted by molar-refractivity contribution is 5.94. The molecule has 1 aromatic carbocycles. The molecule has 2 amide bonds. The van der Waals surface area contributed by atoms with Gasteiger partial charge >= 0.3 is 12.0 Å². The number of anilines is 1. The number of hydrogen-bond donors (Lipinski definition) is 3. The Morgan fingerprint density at radius 1 is 1.32 bits per heavy atom. The number of carbonyl (C=O) groups is 2. The fourth-order valence-corrected chi connectivity index (χ4v) is 1.59. The summed E-state index contributed by atoms with van der Waals surface area (Å²) in [4.78, 5) is 24.2. The van der Waals surface area contributed by atoms with Crippen molar-refractivity contribution in [1.82, 2.24) is 5.32 Å². The molecule has 1 aromatic rings. The Hall–Kier alpha value is -2.24. The van der Waals surface area contributed by atoms with E-state index in [0.717, 1.165) is 0 Å². The van der Waals surface area contributed by atoms with Crippen molar-refractivity contribution in [2.75, 3.05) is 11.9 Å². The molecule has 0 fully saturated rings. The van der Waals surface area contributed by atoms with Crippen molar-refractivity contribution < 1.29 is 19.8 Å². The number of urea groups is 1. The van der Waals surface area contributed by atoms with Crippen molar-refractivity contribution in [3.8, 4) is 5.75 Å². The van der Waals surface area contributed by atoms with E-state index >= 15 is 0 Å². The molecular weight excluding hydrogens is 248 g/mol. The van der Waals surface area contributed by atoms with Gasteiger partial charge in [0, 0.05) is 12.7 Å². The van der Waals surface area contributed by atoms with Gasteiger partial charge in [-0.1, -0.05) is 13.3 Å². The number of benzene rings is 1. The van der Waals surface area contributed by atoms with E-state index < -0.39 is 18.0 Å². The number of nitrogens with one attached hydrogen (secondary N) is 1. The third-order valence-electron chi connectivity index (χ3n) is 2.71. The molecule has 104 valence electrons. The van der Waals surface area contributed by atoms with Crippen LogP contribution < -0.4 is 10.2 Å². The Bertz CT molecular complexity index is 444. The number of carboxylic acids is 1. The third-order valence-corrected chi connectivity index (χ3v) is 2.71. The van der Waals surface area contributed by atoms with E-state index in [-0.39, 0.29) is 5.75 Å². The first kappa shape index (κ1) is 14.8. The van der Waals surface area contributed by atoms with Crippen LogP contribution in [-0.2, 0) is 4.79 Å². The highest BCUT2D eigenvalue weighted by atomic mass is 16.4. The van der Waals surface area contributed by atoms with E-state index in [2.05, 4.69) is 5.32 Å². The molecule has 0 bridgehead atoms. The first-order valence-corrected chi connectivity index (χ1v) is 6.01. The molecule has 0 saturated carbocycles. The van der Waals surface area contributed by atoms with Crippen molar-refractivity contribution in [3.05, 3.63) is 24.3 Å². The molecule has 1 rings (SSSR count). The largest absolute Gasteiger partial charge is 0.508 e. The fraction of sp³-hybridized carbons (Fsp3) is 0.385. The molecule has 0 radical (unpaired) electrons. The zero-order valence-corrected chi connectivity index (χ0v) is 11.0. The molecule has 0 aromatic heterocycles. The van der Waals surface area contributed by atoms with Gasteiger partial charge in [0.2, 0.25) is 0 Å². The number of carboxylic acid groups (broad SMARTS) is 1. The molecular formula is C13H18N2O4. The number of aromatic hydroxyl groups is 1. The molecule has 0 aliphatic carbocycles. The van der Waals surface area contributed by atoms with Crippen LogP contribution in [0.15, 0.2) is 24.3 Å². The van der Waals surface area contributed by atoms with Gasteiger partial charge in [0.15, 0.2) is 0 Å². The molecule has 0 unspecified atom stereocenters. The van der Waals surface area contributed by atoms with E-state index in [1.54, 1.807) is 12.1 Å². The zero-order chi connectivity index (χ0) is 14.4. The van der Waals surface area contributed by atoms with E-state index in [0.29, 0.717) is 18.5 Å². The Morgan fingerprint density at radius 2 is 1.89 bits per heavy atom. The molecule has 6 heteroatoms. The van der Waals surface area contributed by atoms with Crippen LogP contribution in [0.3, 0.4) is 0 Å². The predicted octanol–water partition coefficient (Wildman–Crippen LogP) is 1.79. The first-order valence-electron chi connectivity index (χ1n) is 6.01. The van der Waals surface area contributed by atoms with E-state index in [1.165, 1.54) is 24.1 Å². The van der Waals surface area contributed by atoms with Crippen LogP contribution in [0.1, 0.15) is 19.8 Å². The molecule has 3 N–H and O–H groups in total. The number of hydrogen-bond acceptors (Lipinski definition) is 3. The Balaban J connectivity index is 2.71. The van der Waals surface area contributed by atoms with Gasteiger partial charge in [-0.15, -0.1) is 0 Å². The summed E-state index contributed by atoms with van der Waals surface area (Å²) in [5.41, 5.74) is 0.566. The maximum absolute atomic E-state index is 11.9. The van der Waals surface area contributed by atoms with Gasteiger partial charge in [-0.05, 0) is 30.7 Å². The van der Waals surface area contributed by atoms with Gasteiger partial charge in [-0.3, -0.25) is 4.90 Å². The summed E-state index contributed by atoms with van der Waals surface area (Å²) >= 11 is 0. The van der Waals surface area contributed by atoms with Crippen LogP contribution >= 0.6 is 0 Å². The van der Waals surface area contributed by atoms with Crippen molar-refractivity contribution in [3.63, 3.8) is 0 Å². The van der Waals surface area contributed by atoms with Crippen LogP contribution in [0.25, 0.3) is 0 Å². The summed E-state index contributed by atoms with van der Waals surface area (Å²) in [6.45, 7) is 1.85. The molecule has 0 heterocycles. The highest BCUT2D eigenvalue weighted by Crippen LogP contribution is 2.17. The van der Waals surface area contributed by atoms with Crippen LogP contribution in [0.4, 0.5) is 10.5 Å². The van der Waals surface area contributed by atoms with Crippen LogP contribution in [0.2, 0.25) is 0 Å². The average molecular weight is 266 g/mol. The van der Waals surface area contributed by atoms with Crippen molar-refractivity contribution in [2.24, 2.45) is 0 Å². The number of nitrogens with zero attached hydrogens (tertiary/aromatic N) is 1. The fourth-order valence-electron chi connectivity index (χ4n) is 1.59. The minimum absolute atomic E-state index is 0.104. The molecule has 0 spiro atoms. The van der Waals surface area contributed by atoms with Crippen LogP contribution in [0, 0.1) is 0 Å². The van der Waals surface area contributed by atoms with Crippen molar-refractivity contribution in [1.29, 1.82) is 0 Å².